The van der Waals surface area contributed by atoms with Crippen LogP contribution in [0.3, 0.4) is 0 Å². The fraction of sp³-hybridized carbons (Fsp3) is 0.176. The van der Waals surface area contributed by atoms with E-state index in [9.17, 15) is 19.7 Å². The number of nitro benzene ring substituents is 1. The molecule has 0 aliphatic carbocycles. The van der Waals surface area contributed by atoms with Crippen molar-refractivity contribution < 1.29 is 19.2 Å². The number of hydrogen-bond acceptors (Lipinski definition) is 5. The maximum atomic E-state index is 12.0. The molecule has 130 valence electrons. The van der Waals surface area contributed by atoms with Crippen LogP contribution in [0.1, 0.15) is 21.5 Å². The Morgan fingerprint density at radius 3 is 2.52 bits per heavy atom. The van der Waals surface area contributed by atoms with Gasteiger partial charge in [0.15, 0.2) is 6.61 Å². The zero-order chi connectivity index (χ0) is 18.6. The van der Waals surface area contributed by atoms with Crippen LogP contribution < -0.4 is 5.32 Å². The lowest BCUT2D eigenvalue weighted by Gasteiger charge is -2.09. The average Bonchev–Trinajstić information content (AvgIpc) is 2.55. The number of benzene rings is 2. The molecule has 0 fully saturated rings. The summed E-state index contributed by atoms with van der Waals surface area (Å²) in [5.74, 6) is -1.34. The van der Waals surface area contributed by atoms with Gasteiger partial charge in [0, 0.05) is 22.3 Å². The molecule has 0 saturated heterocycles. The molecule has 0 radical (unpaired) electrons. The lowest BCUT2D eigenvalue weighted by Crippen LogP contribution is -2.21. The number of anilines is 1. The Bertz CT molecular complexity index is 851. The first kappa shape index (κ1) is 18.4. The van der Waals surface area contributed by atoms with E-state index in [2.05, 4.69) is 5.32 Å². The highest BCUT2D eigenvalue weighted by atomic mass is 35.5. The number of carbonyl (C=O) groups is 2. The molecule has 0 aromatic heterocycles. The third-order valence-corrected chi connectivity index (χ3v) is 3.67. The fourth-order valence-electron chi connectivity index (χ4n) is 2.10. The van der Waals surface area contributed by atoms with Crippen molar-refractivity contribution in [3.05, 3.63) is 68.2 Å². The van der Waals surface area contributed by atoms with Gasteiger partial charge >= 0.3 is 5.97 Å². The monoisotopic (exact) mass is 362 g/mol. The van der Waals surface area contributed by atoms with Crippen LogP contribution in [0.2, 0.25) is 5.02 Å². The number of nitrogens with one attached hydrogen (secondary N) is 1. The Morgan fingerprint density at radius 2 is 1.88 bits per heavy atom. The first-order valence-corrected chi connectivity index (χ1v) is 7.64. The highest BCUT2D eigenvalue weighted by Crippen LogP contribution is 2.21. The normalized spacial score (nSPS) is 10.2. The minimum Gasteiger partial charge on any atom is -0.452 e. The van der Waals surface area contributed by atoms with Gasteiger partial charge in [-0.15, -0.1) is 0 Å². The molecule has 0 bridgehead atoms. The summed E-state index contributed by atoms with van der Waals surface area (Å²) >= 11 is 5.84. The summed E-state index contributed by atoms with van der Waals surface area (Å²) in [4.78, 5) is 34.2. The molecule has 0 spiro atoms. The second-order valence-corrected chi connectivity index (χ2v) is 5.78. The molecule has 8 heteroatoms. The topological polar surface area (TPSA) is 98.5 Å². The molecule has 2 aromatic carbocycles. The quantitative estimate of drug-likeness (QED) is 0.497. The molecule has 1 amide bonds. The maximum Gasteiger partial charge on any atom is 0.338 e. The van der Waals surface area contributed by atoms with E-state index in [1.54, 1.807) is 32.0 Å². The lowest BCUT2D eigenvalue weighted by molar-refractivity contribution is -0.385. The first-order valence-electron chi connectivity index (χ1n) is 7.26. The smallest absolute Gasteiger partial charge is 0.338 e. The Kier molecular flexibility index (Phi) is 5.71. The number of carbonyl (C=O) groups excluding carboxylic acids is 2. The van der Waals surface area contributed by atoms with Gasteiger partial charge in [0.25, 0.3) is 11.6 Å². The van der Waals surface area contributed by atoms with E-state index in [1.807, 2.05) is 0 Å². The van der Waals surface area contributed by atoms with Crippen LogP contribution in [-0.2, 0) is 9.53 Å². The van der Waals surface area contributed by atoms with Crippen molar-refractivity contribution in [1.29, 1.82) is 0 Å². The second kappa shape index (κ2) is 7.76. The largest absolute Gasteiger partial charge is 0.452 e. The lowest BCUT2D eigenvalue weighted by atomic mass is 10.1. The van der Waals surface area contributed by atoms with Crippen molar-refractivity contribution in [2.45, 2.75) is 13.8 Å². The Labute approximate surface area is 148 Å². The van der Waals surface area contributed by atoms with E-state index in [-0.39, 0.29) is 11.3 Å². The van der Waals surface area contributed by atoms with Crippen molar-refractivity contribution >= 4 is 34.9 Å². The minimum absolute atomic E-state index is 0.00720. The third kappa shape index (κ3) is 4.77. The van der Waals surface area contributed by atoms with E-state index in [0.717, 1.165) is 11.6 Å². The third-order valence-electron chi connectivity index (χ3n) is 3.44. The molecule has 7 nitrogen and oxygen atoms in total. The molecule has 2 aromatic rings. The summed E-state index contributed by atoms with van der Waals surface area (Å²) in [5, 5.41) is 14.0. The van der Waals surface area contributed by atoms with Gasteiger partial charge in [-0.2, -0.15) is 0 Å². The fourth-order valence-corrected chi connectivity index (χ4v) is 2.33. The molecule has 25 heavy (non-hydrogen) atoms. The molecule has 0 aliphatic heterocycles. The molecule has 0 heterocycles. The maximum absolute atomic E-state index is 12.0. The van der Waals surface area contributed by atoms with Crippen LogP contribution in [0.4, 0.5) is 11.4 Å². The van der Waals surface area contributed by atoms with Crippen molar-refractivity contribution in [1.82, 2.24) is 0 Å². The van der Waals surface area contributed by atoms with E-state index >= 15 is 0 Å². The Morgan fingerprint density at radius 1 is 1.16 bits per heavy atom. The summed E-state index contributed by atoms with van der Waals surface area (Å²) in [6.07, 6.45) is 0. The number of aryl methyl sites for hydroxylation is 2. The van der Waals surface area contributed by atoms with Gasteiger partial charge in [-0.3, -0.25) is 14.9 Å². The number of nitro groups is 1. The number of nitrogens with zero attached hydrogens (tertiary/aromatic N) is 1. The van der Waals surface area contributed by atoms with E-state index in [1.165, 1.54) is 12.1 Å². The second-order valence-electron chi connectivity index (χ2n) is 5.34. The van der Waals surface area contributed by atoms with Gasteiger partial charge in [-0.1, -0.05) is 17.7 Å². The van der Waals surface area contributed by atoms with E-state index < -0.39 is 23.4 Å². The minimum atomic E-state index is -0.814. The predicted octanol–water partition coefficient (Wildman–Crippen LogP) is 3.66. The van der Waals surface area contributed by atoms with Crippen LogP contribution in [0, 0.1) is 24.0 Å². The molecule has 2 rings (SSSR count). The summed E-state index contributed by atoms with van der Waals surface area (Å²) in [6.45, 7) is 2.83. The molecule has 0 saturated carbocycles. The SMILES string of the molecule is Cc1cc(Cl)ccc1NC(=O)COC(=O)c1ccc(C)c([N+](=O)[O-])c1. The number of amides is 1. The molecule has 0 aliphatic rings. The van der Waals surface area contributed by atoms with Gasteiger partial charge in [0.2, 0.25) is 0 Å². The summed E-state index contributed by atoms with van der Waals surface area (Å²) in [6, 6.07) is 8.94. The van der Waals surface area contributed by atoms with Crippen LogP contribution >= 0.6 is 11.6 Å². The highest BCUT2D eigenvalue weighted by molar-refractivity contribution is 6.30. The molecular formula is C17H15ClN2O5. The number of rotatable bonds is 5. The van der Waals surface area contributed by atoms with E-state index in [0.29, 0.717) is 16.3 Å². The molecular weight excluding hydrogens is 348 g/mol. The Balaban J connectivity index is 1.98. The summed E-state index contributed by atoms with van der Waals surface area (Å²) in [5.41, 5.74) is 1.57. The van der Waals surface area contributed by atoms with Crippen molar-refractivity contribution in [2.75, 3.05) is 11.9 Å². The average molecular weight is 363 g/mol. The van der Waals surface area contributed by atoms with Gasteiger partial charge in [0.1, 0.15) is 0 Å². The van der Waals surface area contributed by atoms with Crippen molar-refractivity contribution in [3.8, 4) is 0 Å². The van der Waals surface area contributed by atoms with Gasteiger partial charge in [0.05, 0.1) is 10.5 Å². The number of hydrogen-bond donors (Lipinski definition) is 1. The van der Waals surface area contributed by atoms with Crippen LogP contribution in [0.5, 0.6) is 0 Å². The van der Waals surface area contributed by atoms with E-state index in [4.69, 9.17) is 16.3 Å². The number of ether oxygens (including phenoxy) is 1. The van der Waals surface area contributed by atoms with Gasteiger partial charge in [-0.05, 0) is 43.7 Å². The number of esters is 1. The molecule has 0 atom stereocenters. The van der Waals surface area contributed by atoms with Crippen LogP contribution in [-0.4, -0.2) is 23.4 Å². The van der Waals surface area contributed by atoms with Crippen LogP contribution in [0.25, 0.3) is 0 Å². The van der Waals surface area contributed by atoms with Gasteiger partial charge < -0.3 is 10.1 Å². The summed E-state index contributed by atoms with van der Waals surface area (Å²) in [7, 11) is 0. The molecule has 0 unspecified atom stereocenters. The van der Waals surface area contributed by atoms with Crippen LogP contribution in [0.15, 0.2) is 36.4 Å². The first-order chi connectivity index (χ1) is 11.8. The van der Waals surface area contributed by atoms with Crippen molar-refractivity contribution in [3.63, 3.8) is 0 Å². The standard InChI is InChI=1S/C17H15ClN2O5/c1-10-3-4-12(8-15(10)20(23)24)17(22)25-9-16(21)19-14-6-5-13(18)7-11(14)2/h3-8H,9H2,1-2H3,(H,19,21). The zero-order valence-electron chi connectivity index (χ0n) is 13.5. The Hall–Kier alpha value is -2.93. The summed E-state index contributed by atoms with van der Waals surface area (Å²) < 4.78 is 4.90. The van der Waals surface area contributed by atoms with Gasteiger partial charge in [-0.25, -0.2) is 4.79 Å². The highest BCUT2D eigenvalue weighted by Gasteiger charge is 2.17. The zero-order valence-corrected chi connectivity index (χ0v) is 14.3. The predicted molar refractivity (Wildman–Crippen MR) is 92.9 cm³/mol. The molecule has 1 N–H and O–H groups in total. The number of halogens is 1. The van der Waals surface area contributed by atoms with Crippen molar-refractivity contribution in [2.24, 2.45) is 0 Å².